The molecule has 0 spiro atoms. The molecule has 1 aromatic heterocycles. The SMILES string of the molecule is CCNc1cccc(NCCCOc2ccccc2)n1. The number of anilines is 2. The summed E-state index contributed by atoms with van der Waals surface area (Å²) in [5.74, 6) is 2.71. The van der Waals surface area contributed by atoms with Gasteiger partial charge in [0.1, 0.15) is 17.4 Å². The number of ether oxygens (including phenoxy) is 1. The fourth-order valence-electron chi connectivity index (χ4n) is 1.81. The second-order valence-electron chi connectivity index (χ2n) is 4.38. The van der Waals surface area contributed by atoms with Gasteiger partial charge in [-0.15, -0.1) is 0 Å². The van der Waals surface area contributed by atoms with Gasteiger partial charge in [-0.2, -0.15) is 0 Å². The molecule has 0 radical (unpaired) electrons. The summed E-state index contributed by atoms with van der Waals surface area (Å²) >= 11 is 0. The van der Waals surface area contributed by atoms with Gasteiger partial charge in [-0.1, -0.05) is 24.3 Å². The molecular formula is C16H21N3O. The number of hydrogen-bond donors (Lipinski definition) is 2. The molecule has 0 aliphatic rings. The first-order valence-corrected chi connectivity index (χ1v) is 7.01. The average molecular weight is 271 g/mol. The van der Waals surface area contributed by atoms with Crippen molar-refractivity contribution in [2.45, 2.75) is 13.3 Å². The molecule has 20 heavy (non-hydrogen) atoms. The third kappa shape index (κ3) is 4.80. The second kappa shape index (κ2) is 8.04. The minimum Gasteiger partial charge on any atom is -0.494 e. The van der Waals surface area contributed by atoms with Crippen LogP contribution in [0.1, 0.15) is 13.3 Å². The second-order valence-corrected chi connectivity index (χ2v) is 4.38. The summed E-state index contributed by atoms with van der Waals surface area (Å²) in [5, 5.41) is 6.49. The third-order valence-electron chi connectivity index (χ3n) is 2.75. The third-order valence-corrected chi connectivity index (χ3v) is 2.75. The Morgan fingerprint density at radius 3 is 2.45 bits per heavy atom. The van der Waals surface area contributed by atoms with Crippen LogP contribution < -0.4 is 15.4 Å². The van der Waals surface area contributed by atoms with Crippen LogP contribution >= 0.6 is 0 Å². The van der Waals surface area contributed by atoms with Gasteiger partial charge in [-0.3, -0.25) is 0 Å². The standard InChI is InChI=1S/C16H21N3O/c1-2-17-15-10-6-11-16(19-15)18-12-7-13-20-14-8-4-3-5-9-14/h3-6,8-11H,2,7,12-13H2,1H3,(H2,17,18,19). The minimum atomic E-state index is 0.698. The van der Waals surface area contributed by atoms with E-state index in [-0.39, 0.29) is 0 Å². The lowest BCUT2D eigenvalue weighted by molar-refractivity contribution is 0.315. The van der Waals surface area contributed by atoms with Crippen molar-refractivity contribution in [3.05, 3.63) is 48.5 Å². The number of hydrogen-bond acceptors (Lipinski definition) is 4. The number of para-hydroxylation sites is 1. The fraction of sp³-hybridized carbons (Fsp3) is 0.312. The summed E-state index contributed by atoms with van der Waals surface area (Å²) in [7, 11) is 0. The van der Waals surface area contributed by atoms with Gasteiger partial charge in [0.25, 0.3) is 0 Å². The van der Waals surface area contributed by atoms with Crippen molar-refractivity contribution in [3.8, 4) is 5.75 Å². The van der Waals surface area contributed by atoms with Gasteiger partial charge in [0, 0.05) is 13.1 Å². The summed E-state index contributed by atoms with van der Waals surface area (Å²) < 4.78 is 5.63. The summed E-state index contributed by atoms with van der Waals surface area (Å²) in [6.45, 7) is 4.48. The van der Waals surface area contributed by atoms with Crippen LogP contribution in [0.5, 0.6) is 5.75 Å². The summed E-state index contributed by atoms with van der Waals surface area (Å²) in [6, 6.07) is 15.8. The van der Waals surface area contributed by atoms with Crippen LogP contribution in [0, 0.1) is 0 Å². The first-order chi connectivity index (χ1) is 9.88. The molecule has 0 atom stereocenters. The zero-order valence-electron chi connectivity index (χ0n) is 11.8. The molecule has 106 valence electrons. The Labute approximate surface area is 120 Å². The molecule has 2 aromatic rings. The highest BCUT2D eigenvalue weighted by Gasteiger charge is 1.96. The van der Waals surface area contributed by atoms with E-state index < -0.39 is 0 Å². The average Bonchev–Trinajstić information content (AvgIpc) is 2.49. The van der Waals surface area contributed by atoms with Gasteiger partial charge < -0.3 is 15.4 Å². The van der Waals surface area contributed by atoms with E-state index in [2.05, 4.69) is 22.5 Å². The molecule has 1 heterocycles. The van der Waals surface area contributed by atoms with Gasteiger partial charge in [0.15, 0.2) is 0 Å². The summed E-state index contributed by atoms with van der Waals surface area (Å²) in [4.78, 5) is 4.46. The molecule has 0 saturated carbocycles. The Balaban J connectivity index is 1.67. The Morgan fingerprint density at radius 2 is 1.70 bits per heavy atom. The van der Waals surface area contributed by atoms with Gasteiger partial charge in [0.05, 0.1) is 6.61 Å². The smallest absolute Gasteiger partial charge is 0.128 e. The van der Waals surface area contributed by atoms with E-state index in [4.69, 9.17) is 4.74 Å². The van der Waals surface area contributed by atoms with E-state index in [1.165, 1.54) is 0 Å². The van der Waals surface area contributed by atoms with E-state index in [1.54, 1.807) is 0 Å². The number of benzene rings is 1. The lowest BCUT2D eigenvalue weighted by Gasteiger charge is -2.09. The van der Waals surface area contributed by atoms with Crippen LogP contribution in [0.3, 0.4) is 0 Å². The molecule has 4 nitrogen and oxygen atoms in total. The quantitative estimate of drug-likeness (QED) is 0.722. The first-order valence-electron chi connectivity index (χ1n) is 7.01. The van der Waals surface area contributed by atoms with Crippen molar-refractivity contribution in [1.82, 2.24) is 4.98 Å². The van der Waals surface area contributed by atoms with Crippen molar-refractivity contribution in [2.75, 3.05) is 30.3 Å². The highest BCUT2D eigenvalue weighted by Crippen LogP contribution is 2.10. The van der Waals surface area contributed by atoms with Crippen LogP contribution in [-0.4, -0.2) is 24.7 Å². The molecule has 0 unspecified atom stereocenters. The number of nitrogens with one attached hydrogen (secondary N) is 2. The lowest BCUT2D eigenvalue weighted by atomic mass is 10.3. The predicted octanol–water partition coefficient (Wildman–Crippen LogP) is 3.39. The Bertz CT molecular complexity index is 502. The highest BCUT2D eigenvalue weighted by atomic mass is 16.5. The fourth-order valence-corrected chi connectivity index (χ4v) is 1.81. The maximum absolute atomic E-state index is 5.63. The number of nitrogens with zero attached hydrogens (tertiary/aromatic N) is 1. The number of aromatic nitrogens is 1. The first kappa shape index (κ1) is 14.2. The Kier molecular flexibility index (Phi) is 5.71. The molecule has 2 N–H and O–H groups in total. The normalized spacial score (nSPS) is 10.1. The predicted molar refractivity (Wildman–Crippen MR) is 83.4 cm³/mol. The van der Waals surface area contributed by atoms with Crippen molar-refractivity contribution in [2.24, 2.45) is 0 Å². The van der Waals surface area contributed by atoms with E-state index in [0.717, 1.165) is 36.9 Å². The van der Waals surface area contributed by atoms with Gasteiger partial charge >= 0.3 is 0 Å². The maximum Gasteiger partial charge on any atom is 0.128 e. The van der Waals surface area contributed by atoms with E-state index in [9.17, 15) is 0 Å². The van der Waals surface area contributed by atoms with Crippen LogP contribution in [-0.2, 0) is 0 Å². The Morgan fingerprint density at radius 1 is 0.950 bits per heavy atom. The lowest BCUT2D eigenvalue weighted by Crippen LogP contribution is -2.09. The number of pyridine rings is 1. The van der Waals surface area contributed by atoms with Crippen molar-refractivity contribution >= 4 is 11.6 Å². The molecule has 0 fully saturated rings. The molecule has 0 saturated heterocycles. The number of rotatable bonds is 8. The largest absolute Gasteiger partial charge is 0.494 e. The van der Waals surface area contributed by atoms with Crippen molar-refractivity contribution in [3.63, 3.8) is 0 Å². The van der Waals surface area contributed by atoms with Crippen LogP contribution in [0.4, 0.5) is 11.6 Å². The zero-order chi connectivity index (χ0) is 14.0. The van der Waals surface area contributed by atoms with Gasteiger partial charge in [-0.05, 0) is 37.6 Å². The van der Waals surface area contributed by atoms with Crippen LogP contribution in [0.25, 0.3) is 0 Å². The molecule has 2 rings (SSSR count). The maximum atomic E-state index is 5.63. The van der Waals surface area contributed by atoms with Crippen LogP contribution in [0.15, 0.2) is 48.5 Å². The molecular weight excluding hydrogens is 250 g/mol. The van der Waals surface area contributed by atoms with E-state index in [0.29, 0.717) is 6.61 Å². The monoisotopic (exact) mass is 271 g/mol. The molecule has 0 bridgehead atoms. The van der Waals surface area contributed by atoms with E-state index in [1.807, 2.05) is 48.5 Å². The molecule has 0 amide bonds. The zero-order valence-corrected chi connectivity index (χ0v) is 11.8. The molecule has 4 heteroatoms. The van der Waals surface area contributed by atoms with Gasteiger partial charge in [-0.25, -0.2) is 4.98 Å². The van der Waals surface area contributed by atoms with Crippen molar-refractivity contribution in [1.29, 1.82) is 0 Å². The van der Waals surface area contributed by atoms with Gasteiger partial charge in [0.2, 0.25) is 0 Å². The summed E-state index contributed by atoms with van der Waals surface area (Å²) in [5.41, 5.74) is 0. The van der Waals surface area contributed by atoms with Crippen molar-refractivity contribution < 1.29 is 4.74 Å². The van der Waals surface area contributed by atoms with E-state index >= 15 is 0 Å². The minimum absolute atomic E-state index is 0.698. The molecule has 0 aliphatic carbocycles. The highest BCUT2D eigenvalue weighted by molar-refractivity contribution is 5.44. The van der Waals surface area contributed by atoms with Crippen LogP contribution in [0.2, 0.25) is 0 Å². The Hall–Kier alpha value is -2.23. The molecule has 1 aromatic carbocycles. The topological polar surface area (TPSA) is 46.2 Å². The summed E-state index contributed by atoms with van der Waals surface area (Å²) in [6.07, 6.45) is 0.933. The molecule has 0 aliphatic heterocycles.